The van der Waals surface area contributed by atoms with Crippen molar-refractivity contribution in [2.24, 2.45) is 0 Å². The number of nitrogens with zero attached hydrogens (tertiary/aromatic N) is 1. The number of nitrogens with one attached hydrogen (secondary N) is 1. The molecule has 1 N–H and O–H groups in total. The van der Waals surface area contributed by atoms with E-state index in [0.29, 0.717) is 25.8 Å². The Morgan fingerprint density at radius 2 is 1.42 bits per heavy atom. The van der Waals surface area contributed by atoms with Crippen LogP contribution in [-0.2, 0) is 34.4 Å². The molecule has 4 nitrogen and oxygen atoms in total. The lowest BCUT2D eigenvalue weighted by Crippen LogP contribution is -2.54. The molecule has 3 aromatic rings. The Bertz CT molecular complexity index is 1200. The van der Waals surface area contributed by atoms with Gasteiger partial charge >= 0.3 is 0 Å². The van der Waals surface area contributed by atoms with Crippen LogP contribution in [-0.4, -0.2) is 28.3 Å². The highest BCUT2D eigenvalue weighted by atomic mass is 16.2. The van der Waals surface area contributed by atoms with Gasteiger partial charge in [-0.05, 0) is 61.8 Å². The van der Waals surface area contributed by atoms with Crippen molar-refractivity contribution >= 4 is 11.8 Å². The molecule has 0 radical (unpaired) electrons. The van der Waals surface area contributed by atoms with Crippen LogP contribution in [0.2, 0.25) is 0 Å². The van der Waals surface area contributed by atoms with Crippen LogP contribution in [0.4, 0.5) is 0 Å². The van der Waals surface area contributed by atoms with Crippen molar-refractivity contribution in [3.05, 3.63) is 107 Å². The number of amides is 2. The summed E-state index contributed by atoms with van der Waals surface area (Å²) in [6, 6.07) is 26.0. The molecule has 0 aliphatic rings. The highest BCUT2D eigenvalue weighted by Crippen LogP contribution is 2.23. The average Bonchev–Trinajstić information content (AvgIpc) is 2.84. The van der Waals surface area contributed by atoms with Crippen LogP contribution in [0.1, 0.15) is 75.8 Å². The molecule has 0 fully saturated rings. The smallest absolute Gasteiger partial charge is 0.243 e. The quantitative estimate of drug-likeness (QED) is 0.344. The summed E-state index contributed by atoms with van der Waals surface area (Å²) in [7, 11) is 0. The van der Waals surface area contributed by atoms with E-state index in [0.717, 1.165) is 22.3 Å². The van der Waals surface area contributed by atoms with Gasteiger partial charge in [0.15, 0.2) is 0 Å². The number of carbonyl (C=O) groups is 2. The number of carbonyl (C=O) groups excluding carboxylic acids is 2. The van der Waals surface area contributed by atoms with Crippen LogP contribution in [0, 0.1) is 6.92 Å². The lowest BCUT2D eigenvalue weighted by atomic mass is 9.86. The van der Waals surface area contributed by atoms with Crippen LogP contribution in [0.25, 0.3) is 0 Å². The van der Waals surface area contributed by atoms with Gasteiger partial charge in [-0.3, -0.25) is 9.59 Å². The van der Waals surface area contributed by atoms with E-state index in [2.05, 4.69) is 56.4 Å². The number of rotatable bonds is 9. The molecule has 0 spiro atoms. The Labute approximate surface area is 229 Å². The second-order valence-corrected chi connectivity index (χ2v) is 12.4. The van der Waals surface area contributed by atoms with Gasteiger partial charge in [-0.25, -0.2) is 0 Å². The van der Waals surface area contributed by atoms with E-state index in [-0.39, 0.29) is 17.2 Å². The van der Waals surface area contributed by atoms with Gasteiger partial charge in [-0.15, -0.1) is 0 Å². The minimum atomic E-state index is -0.618. The normalized spacial score (nSPS) is 12.6. The SMILES string of the molecule is Cc1cccc(CN(C(=O)CCc2ccc(C(C)(C)C)cc2)[C@H](Cc2ccccc2)C(=O)NC(C)(C)C)c1. The maximum Gasteiger partial charge on any atom is 0.243 e. The third kappa shape index (κ3) is 8.86. The first-order valence-electron chi connectivity index (χ1n) is 13.6. The fraction of sp³-hybridized carbons (Fsp3) is 0.412. The van der Waals surface area contributed by atoms with Gasteiger partial charge in [0.25, 0.3) is 0 Å². The molecular weight excluding hydrogens is 468 g/mol. The van der Waals surface area contributed by atoms with E-state index in [1.807, 2.05) is 76.2 Å². The summed E-state index contributed by atoms with van der Waals surface area (Å²) in [6.45, 7) is 14.9. The molecule has 3 rings (SSSR count). The van der Waals surface area contributed by atoms with E-state index in [4.69, 9.17) is 0 Å². The van der Waals surface area contributed by atoms with Crippen molar-refractivity contribution in [1.29, 1.82) is 0 Å². The third-order valence-corrected chi connectivity index (χ3v) is 6.65. The molecule has 0 saturated carbocycles. The second kappa shape index (κ2) is 12.4. The van der Waals surface area contributed by atoms with E-state index in [9.17, 15) is 9.59 Å². The summed E-state index contributed by atoms with van der Waals surface area (Å²) in [5.41, 5.74) is 5.27. The molecule has 0 aliphatic heterocycles. The summed E-state index contributed by atoms with van der Waals surface area (Å²) in [6.07, 6.45) is 1.43. The summed E-state index contributed by atoms with van der Waals surface area (Å²) in [4.78, 5) is 29.3. The monoisotopic (exact) mass is 512 g/mol. The van der Waals surface area contributed by atoms with Crippen molar-refractivity contribution in [2.45, 2.75) is 91.3 Å². The fourth-order valence-corrected chi connectivity index (χ4v) is 4.58. The van der Waals surface area contributed by atoms with Crippen molar-refractivity contribution in [3.8, 4) is 0 Å². The highest BCUT2D eigenvalue weighted by Gasteiger charge is 2.32. The minimum absolute atomic E-state index is 0.0172. The largest absolute Gasteiger partial charge is 0.350 e. The van der Waals surface area contributed by atoms with E-state index < -0.39 is 11.6 Å². The van der Waals surface area contributed by atoms with Gasteiger partial charge in [0, 0.05) is 24.9 Å². The Kier molecular flexibility index (Phi) is 9.54. The molecule has 0 saturated heterocycles. The summed E-state index contributed by atoms with van der Waals surface area (Å²) in [5, 5.41) is 3.13. The average molecular weight is 513 g/mol. The zero-order chi connectivity index (χ0) is 27.9. The highest BCUT2D eigenvalue weighted by molar-refractivity contribution is 5.88. The molecular formula is C34H44N2O2. The second-order valence-electron chi connectivity index (χ2n) is 12.4. The van der Waals surface area contributed by atoms with Crippen LogP contribution in [0.5, 0.6) is 0 Å². The molecule has 38 heavy (non-hydrogen) atoms. The predicted molar refractivity (Wildman–Crippen MR) is 157 cm³/mol. The summed E-state index contributed by atoms with van der Waals surface area (Å²) >= 11 is 0. The first-order chi connectivity index (χ1) is 17.8. The van der Waals surface area contributed by atoms with Crippen LogP contribution in [0.3, 0.4) is 0 Å². The number of hydrogen-bond donors (Lipinski definition) is 1. The zero-order valence-corrected chi connectivity index (χ0v) is 24.2. The maximum absolute atomic E-state index is 13.9. The molecule has 4 heteroatoms. The van der Waals surface area contributed by atoms with Gasteiger partial charge in [0.05, 0.1) is 0 Å². The van der Waals surface area contributed by atoms with Crippen molar-refractivity contribution in [3.63, 3.8) is 0 Å². The lowest BCUT2D eigenvalue weighted by molar-refractivity contribution is -0.141. The van der Waals surface area contributed by atoms with Gasteiger partial charge in [-0.2, -0.15) is 0 Å². The van der Waals surface area contributed by atoms with Gasteiger partial charge in [0.1, 0.15) is 6.04 Å². The zero-order valence-electron chi connectivity index (χ0n) is 24.2. The third-order valence-electron chi connectivity index (χ3n) is 6.65. The first kappa shape index (κ1) is 29.2. The molecule has 2 amide bonds. The minimum Gasteiger partial charge on any atom is -0.350 e. The molecule has 1 atom stereocenters. The maximum atomic E-state index is 13.9. The van der Waals surface area contributed by atoms with Crippen molar-refractivity contribution in [2.75, 3.05) is 0 Å². The van der Waals surface area contributed by atoms with Crippen LogP contribution >= 0.6 is 0 Å². The number of benzene rings is 3. The molecule has 0 aliphatic carbocycles. The fourth-order valence-electron chi connectivity index (χ4n) is 4.58. The predicted octanol–water partition coefficient (Wildman–Crippen LogP) is 6.78. The summed E-state index contributed by atoms with van der Waals surface area (Å²) < 4.78 is 0. The Morgan fingerprint density at radius 1 is 0.789 bits per heavy atom. The van der Waals surface area contributed by atoms with Gasteiger partial charge in [-0.1, -0.05) is 105 Å². The molecule has 0 aromatic heterocycles. The number of hydrogen-bond acceptors (Lipinski definition) is 2. The van der Waals surface area contributed by atoms with E-state index >= 15 is 0 Å². The Hall–Kier alpha value is -3.40. The molecule has 202 valence electrons. The van der Waals surface area contributed by atoms with Gasteiger partial charge in [0.2, 0.25) is 11.8 Å². The molecule has 3 aromatic carbocycles. The van der Waals surface area contributed by atoms with E-state index in [1.54, 1.807) is 4.90 Å². The van der Waals surface area contributed by atoms with Gasteiger partial charge < -0.3 is 10.2 Å². The van der Waals surface area contributed by atoms with Crippen LogP contribution < -0.4 is 5.32 Å². The molecule has 0 heterocycles. The molecule has 0 unspecified atom stereocenters. The number of aryl methyl sites for hydroxylation is 2. The summed E-state index contributed by atoms with van der Waals surface area (Å²) in [5.74, 6) is -0.145. The topological polar surface area (TPSA) is 49.4 Å². The van der Waals surface area contributed by atoms with E-state index in [1.165, 1.54) is 5.56 Å². The standard InChI is InChI=1S/C34H44N2O2/c1-25-12-11-15-28(22-25)24-36(31(37)21-18-26-16-19-29(20-17-26)33(2,3)4)30(32(38)35-34(5,6)7)23-27-13-9-8-10-14-27/h8-17,19-20,22,30H,18,21,23-24H2,1-7H3,(H,35,38)/t30-/m1/s1. The lowest BCUT2D eigenvalue weighted by Gasteiger charge is -2.34. The van der Waals surface area contributed by atoms with Crippen molar-refractivity contribution < 1.29 is 9.59 Å². The van der Waals surface area contributed by atoms with Crippen LogP contribution in [0.15, 0.2) is 78.9 Å². The first-order valence-corrected chi connectivity index (χ1v) is 13.6. The Balaban J connectivity index is 1.90. The Morgan fingerprint density at radius 3 is 2.00 bits per heavy atom. The van der Waals surface area contributed by atoms with Crippen molar-refractivity contribution in [1.82, 2.24) is 10.2 Å². The molecule has 0 bridgehead atoms.